The van der Waals surface area contributed by atoms with Crippen LogP contribution in [0.3, 0.4) is 0 Å². The summed E-state index contributed by atoms with van der Waals surface area (Å²) >= 11 is 1.48. The first-order valence-corrected chi connectivity index (χ1v) is 5.55. The second kappa shape index (κ2) is 5.96. The maximum absolute atomic E-state index is 5.23. The highest BCUT2D eigenvalue weighted by Crippen LogP contribution is 2.14. The molecule has 3 N–H and O–H groups in total. The second-order valence-corrected chi connectivity index (χ2v) is 4.75. The van der Waals surface area contributed by atoms with Gasteiger partial charge in [-0.1, -0.05) is 11.3 Å². The summed E-state index contributed by atoms with van der Waals surface area (Å²) in [7, 11) is 6.20. The molecule has 6 nitrogen and oxygen atoms in total. The Morgan fingerprint density at radius 2 is 2.00 bits per heavy atom. The molecule has 0 amide bonds. The number of hydrogen-bond acceptors (Lipinski definition) is 7. The average Bonchev–Trinajstić information content (AvgIpc) is 2.62. The fourth-order valence-corrected chi connectivity index (χ4v) is 1.79. The summed E-state index contributed by atoms with van der Waals surface area (Å²) in [5.74, 6) is 5.23. The fourth-order valence-electron chi connectivity index (χ4n) is 1.06. The summed E-state index contributed by atoms with van der Waals surface area (Å²) < 4.78 is 0. The van der Waals surface area contributed by atoms with Crippen molar-refractivity contribution in [2.75, 3.05) is 39.7 Å². The number of hydrogen-bond donors (Lipinski definition) is 2. The zero-order valence-corrected chi connectivity index (χ0v) is 10.2. The van der Waals surface area contributed by atoms with Crippen LogP contribution >= 0.6 is 11.3 Å². The molecule has 0 aromatic carbocycles. The van der Waals surface area contributed by atoms with Crippen molar-refractivity contribution in [3.63, 3.8) is 0 Å². The van der Waals surface area contributed by atoms with Crippen molar-refractivity contribution < 1.29 is 0 Å². The van der Waals surface area contributed by atoms with Crippen LogP contribution < -0.4 is 11.3 Å². The molecule has 86 valence electrons. The van der Waals surface area contributed by atoms with Gasteiger partial charge >= 0.3 is 0 Å². The molecule has 1 aromatic rings. The number of nitrogen functional groups attached to an aromatic ring is 1. The molecule has 7 heteroatoms. The Kier molecular flexibility index (Phi) is 4.89. The molecule has 0 atom stereocenters. The van der Waals surface area contributed by atoms with Crippen LogP contribution in [0.15, 0.2) is 0 Å². The number of nitrogens with two attached hydrogens (primary N) is 1. The lowest BCUT2D eigenvalue weighted by atomic mass is 10.5. The summed E-state index contributed by atoms with van der Waals surface area (Å²) in [4.78, 5) is 4.37. The maximum Gasteiger partial charge on any atom is 0.219 e. The van der Waals surface area contributed by atoms with E-state index in [1.807, 2.05) is 0 Å². The van der Waals surface area contributed by atoms with Crippen LogP contribution in [0.5, 0.6) is 0 Å². The maximum atomic E-state index is 5.23. The molecular formula is C8H18N6S. The van der Waals surface area contributed by atoms with E-state index in [0.29, 0.717) is 5.13 Å². The Labute approximate surface area is 94.0 Å². The lowest BCUT2D eigenvalue weighted by molar-refractivity contribution is 0.275. The lowest BCUT2D eigenvalue weighted by Gasteiger charge is -2.17. The van der Waals surface area contributed by atoms with Crippen LogP contribution in [0, 0.1) is 0 Å². The van der Waals surface area contributed by atoms with E-state index in [1.165, 1.54) is 11.3 Å². The molecule has 0 saturated heterocycles. The number of hydrazine groups is 1. The average molecular weight is 230 g/mol. The van der Waals surface area contributed by atoms with Crippen LogP contribution in [-0.2, 0) is 6.54 Å². The molecule has 1 rings (SSSR count). The lowest BCUT2D eigenvalue weighted by Crippen LogP contribution is -2.28. The predicted molar refractivity (Wildman–Crippen MR) is 62.6 cm³/mol. The first-order chi connectivity index (χ1) is 7.11. The third-order valence-electron chi connectivity index (χ3n) is 1.92. The molecule has 0 aliphatic carbocycles. The van der Waals surface area contributed by atoms with Crippen LogP contribution in [0.2, 0.25) is 0 Å². The third-order valence-corrected chi connectivity index (χ3v) is 2.76. The third kappa shape index (κ3) is 4.52. The Hall–Kier alpha value is -0.760. The van der Waals surface area contributed by atoms with Gasteiger partial charge in [-0.05, 0) is 21.1 Å². The first kappa shape index (κ1) is 12.3. The minimum absolute atomic E-state index is 0.658. The van der Waals surface area contributed by atoms with Gasteiger partial charge in [-0.15, -0.1) is 10.2 Å². The number of aromatic nitrogens is 2. The SMILES string of the molecule is CN(C)CCN(C)Cc1nnc(NN)s1. The van der Waals surface area contributed by atoms with Crippen molar-refractivity contribution in [2.24, 2.45) is 5.84 Å². The van der Waals surface area contributed by atoms with Crippen LogP contribution in [0.1, 0.15) is 5.01 Å². The van der Waals surface area contributed by atoms with E-state index in [2.05, 4.69) is 46.6 Å². The van der Waals surface area contributed by atoms with Gasteiger partial charge in [-0.25, -0.2) is 5.84 Å². The minimum Gasteiger partial charge on any atom is -0.308 e. The number of nitrogens with zero attached hydrogens (tertiary/aromatic N) is 4. The molecule has 0 fully saturated rings. The number of rotatable bonds is 6. The van der Waals surface area contributed by atoms with Crippen LogP contribution in [0.4, 0.5) is 5.13 Å². The van der Waals surface area contributed by atoms with Gasteiger partial charge in [0.1, 0.15) is 5.01 Å². The number of nitrogens with one attached hydrogen (secondary N) is 1. The molecule has 0 saturated carbocycles. The largest absolute Gasteiger partial charge is 0.308 e. The van der Waals surface area contributed by atoms with Crippen LogP contribution in [0.25, 0.3) is 0 Å². The van der Waals surface area contributed by atoms with E-state index >= 15 is 0 Å². The Bertz CT molecular complexity index is 286. The highest BCUT2D eigenvalue weighted by Gasteiger charge is 2.06. The zero-order chi connectivity index (χ0) is 11.3. The molecule has 0 radical (unpaired) electrons. The fraction of sp³-hybridized carbons (Fsp3) is 0.750. The van der Waals surface area contributed by atoms with Gasteiger partial charge in [0, 0.05) is 13.1 Å². The minimum atomic E-state index is 0.658. The number of likely N-dealkylation sites (N-methyl/N-ethyl adjacent to an activating group) is 2. The second-order valence-electron chi connectivity index (χ2n) is 3.69. The van der Waals surface area contributed by atoms with Gasteiger partial charge < -0.3 is 4.90 Å². The molecule has 0 unspecified atom stereocenters. The Morgan fingerprint density at radius 1 is 1.27 bits per heavy atom. The van der Waals surface area contributed by atoms with Crippen molar-refractivity contribution in [1.29, 1.82) is 0 Å². The van der Waals surface area contributed by atoms with Gasteiger partial charge in [0.2, 0.25) is 5.13 Å². The van der Waals surface area contributed by atoms with E-state index in [-0.39, 0.29) is 0 Å². The molecule has 0 aliphatic heterocycles. The van der Waals surface area contributed by atoms with Crippen molar-refractivity contribution in [3.8, 4) is 0 Å². The van der Waals surface area contributed by atoms with Gasteiger partial charge in [0.15, 0.2) is 0 Å². The molecule has 1 heterocycles. The van der Waals surface area contributed by atoms with Gasteiger partial charge in [-0.3, -0.25) is 10.3 Å². The Morgan fingerprint density at radius 3 is 2.53 bits per heavy atom. The van der Waals surface area contributed by atoms with Crippen LogP contribution in [-0.4, -0.2) is 54.2 Å². The van der Waals surface area contributed by atoms with Crippen molar-refractivity contribution in [3.05, 3.63) is 5.01 Å². The van der Waals surface area contributed by atoms with E-state index in [0.717, 1.165) is 24.6 Å². The quantitative estimate of drug-likeness (QED) is 0.522. The summed E-state index contributed by atoms with van der Waals surface area (Å²) in [6.45, 7) is 2.86. The molecule has 0 aliphatic rings. The zero-order valence-electron chi connectivity index (χ0n) is 9.40. The standard InChI is InChI=1S/C8H18N6S/c1-13(2)4-5-14(3)6-7-11-12-8(10-9)15-7/h4-6,9H2,1-3H3,(H,10,12). The van der Waals surface area contributed by atoms with Gasteiger partial charge in [0.05, 0.1) is 6.54 Å². The highest BCUT2D eigenvalue weighted by molar-refractivity contribution is 7.15. The van der Waals surface area contributed by atoms with E-state index < -0.39 is 0 Å². The first-order valence-electron chi connectivity index (χ1n) is 4.74. The summed E-state index contributed by atoms with van der Waals surface area (Å²) in [5.41, 5.74) is 2.49. The Balaban J connectivity index is 2.33. The molecule has 0 spiro atoms. The van der Waals surface area contributed by atoms with Crippen molar-refractivity contribution in [1.82, 2.24) is 20.0 Å². The van der Waals surface area contributed by atoms with E-state index in [4.69, 9.17) is 5.84 Å². The molecular weight excluding hydrogens is 212 g/mol. The molecule has 0 bridgehead atoms. The van der Waals surface area contributed by atoms with E-state index in [1.54, 1.807) is 0 Å². The van der Waals surface area contributed by atoms with Crippen molar-refractivity contribution in [2.45, 2.75) is 6.54 Å². The monoisotopic (exact) mass is 230 g/mol. The summed E-state index contributed by atoms with van der Waals surface area (Å²) in [6.07, 6.45) is 0. The smallest absolute Gasteiger partial charge is 0.219 e. The highest BCUT2D eigenvalue weighted by atomic mass is 32.1. The molecule has 1 aromatic heterocycles. The normalized spacial score (nSPS) is 11.3. The van der Waals surface area contributed by atoms with E-state index in [9.17, 15) is 0 Å². The topological polar surface area (TPSA) is 70.3 Å². The van der Waals surface area contributed by atoms with Crippen molar-refractivity contribution >= 4 is 16.5 Å². The summed E-state index contributed by atoms with van der Waals surface area (Å²) in [5, 5.41) is 9.54. The number of anilines is 1. The van der Waals surface area contributed by atoms with Gasteiger partial charge in [-0.2, -0.15) is 0 Å². The summed E-state index contributed by atoms with van der Waals surface area (Å²) in [6, 6.07) is 0. The molecule has 15 heavy (non-hydrogen) atoms. The van der Waals surface area contributed by atoms with Gasteiger partial charge in [0.25, 0.3) is 0 Å². The predicted octanol–water partition coefficient (Wildman–Crippen LogP) is -0.183.